The molecule has 0 aliphatic carbocycles. The van der Waals surface area contributed by atoms with E-state index >= 15 is 0 Å². The van der Waals surface area contributed by atoms with Gasteiger partial charge in [-0.15, -0.1) is 0 Å². The standard InChI is InChI=1S/C18H24N2O3/c1-13-11-16(6-5-14(13)12-19)22-15-7-9-20(10-8-15)17(21)23-18(2,3)4/h5-6,11,15H,7-10H2,1-4H3. The molecule has 2 rings (SSSR count). The van der Waals surface area contributed by atoms with Gasteiger partial charge in [0.05, 0.1) is 11.6 Å². The number of aryl methyl sites for hydroxylation is 1. The number of piperidine rings is 1. The summed E-state index contributed by atoms with van der Waals surface area (Å²) in [5.74, 6) is 0.775. The molecule has 1 aliphatic rings. The normalized spacial score (nSPS) is 15.9. The molecule has 0 bridgehead atoms. The maximum absolute atomic E-state index is 12.0. The maximum Gasteiger partial charge on any atom is 0.410 e. The molecule has 0 radical (unpaired) electrons. The summed E-state index contributed by atoms with van der Waals surface area (Å²) in [6, 6.07) is 7.64. The molecule has 1 aromatic rings. The zero-order valence-corrected chi connectivity index (χ0v) is 14.3. The van der Waals surface area contributed by atoms with Gasteiger partial charge in [-0.25, -0.2) is 4.79 Å². The first-order chi connectivity index (χ1) is 10.8. The number of amides is 1. The first kappa shape index (κ1) is 17.1. The lowest BCUT2D eigenvalue weighted by Crippen LogP contribution is -2.44. The van der Waals surface area contributed by atoms with Crippen molar-refractivity contribution in [1.29, 1.82) is 5.26 Å². The number of benzene rings is 1. The Labute approximate surface area is 137 Å². The Balaban J connectivity index is 1.86. The summed E-state index contributed by atoms with van der Waals surface area (Å²) in [5, 5.41) is 8.95. The van der Waals surface area contributed by atoms with Gasteiger partial charge in [0.1, 0.15) is 17.5 Å². The topological polar surface area (TPSA) is 62.6 Å². The van der Waals surface area contributed by atoms with Gasteiger partial charge in [-0.3, -0.25) is 0 Å². The van der Waals surface area contributed by atoms with Gasteiger partial charge in [0.2, 0.25) is 0 Å². The monoisotopic (exact) mass is 316 g/mol. The van der Waals surface area contributed by atoms with Crippen molar-refractivity contribution >= 4 is 6.09 Å². The van der Waals surface area contributed by atoms with E-state index in [-0.39, 0.29) is 12.2 Å². The summed E-state index contributed by atoms with van der Waals surface area (Å²) >= 11 is 0. The minimum atomic E-state index is -0.468. The minimum Gasteiger partial charge on any atom is -0.490 e. The number of hydrogen-bond acceptors (Lipinski definition) is 4. The Bertz CT molecular complexity index is 606. The number of nitriles is 1. The van der Waals surface area contributed by atoms with Crippen molar-refractivity contribution in [2.24, 2.45) is 0 Å². The lowest BCUT2D eigenvalue weighted by molar-refractivity contribution is 0.0126. The average molecular weight is 316 g/mol. The van der Waals surface area contributed by atoms with Crippen molar-refractivity contribution in [3.63, 3.8) is 0 Å². The molecule has 124 valence electrons. The first-order valence-corrected chi connectivity index (χ1v) is 7.94. The van der Waals surface area contributed by atoms with E-state index in [0.717, 1.165) is 24.2 Å². The van der Waals surface area contributed by atoms with Crippen LogP contribution < -0.4 is 4.74 Å². The molecule has 0 N–H and O–H groups in total. The third-order valence-electron chi connectivity index (χ3n) is 3.71. The van der Waals surface area contributed by atoms with Crippen molar-refractivity contribution in [2.45, 2.75) is 52.2 Å². The van der Waals surface area contributed by atoms with E-state index in [1.165, 1.54) is 0 Å². The molecule has 23 heavy (non-hydrogen) atoms. The second kappa shape index (κ2) is 6.91. The molecule has 5 nitrogen and oxygen atoms in total. The molecule has 1 saturated heterocycles. The Morgan fingerprint density at radius 1 is 1.30 bits per heavy atom. The molecule has 0 atom stereocenters. The van der Waals surface area contributed by atoms with Gasteiger partial charge in [-0.2, -0.15) is 5.26 Å². The molecule has 1 aromatic carbocycles. The fourth-order valence-corrected chi connectivity index (χ4v) is 2.51. The smallest absolute Gasteiger partial charge is 0.410 e. The molecule has 1 fully saturated rings. The van der Waals surface area contributed by atoms with Gasteiger partial charge in [0.25, 0.3) is 0 Å². The Hall–Kier alpha value is -2.22. The Kier molecular flexibility index (Phi) is 5.15. The van der Waals surface area contributed by atoms with Crippen LogP contribution in [0, 0.1) is 18.3 Å². The fourth-order valence-electron chi connectivity index (χ4n) is 2.51. The SMILES string of the molecule is Cc1cc(OC2CCN(C(=O)OC(C)(C)C)CC2)ccc1C#N. The predicted octanol–water partition coefficient (Wildman–Crippen LogP) is 3.65. The van der Waals surface area contributed by atoms with Crippen molar-refractivity contribution in [3.05, 3.63) is 29.3 Å². The summed E-state index contributed by atoms with van der Waals surface area (Å²) in [5.41, 5.74) is 1.11. The number of likely N-dealkylation sites (tertiary alicyclic amines) is 1. The van der Waals surface area contributed by atoms with Crippen LogP contribution in [0.4, 0.5) is 4.79 Å². The number of carbonyl (C=O) groups is 1. The van der Waals surface area contributed by atoms with Crippen molar-refractivity contribution in [1.82, 2.24) is 4.90 Å². The van der Waals surface area contributed by atoms with Crippen LogP contribution in [0.5, 0.6) is 5.75 Å². The van der Waals surface area contributed by atoms with E-state index in [1.807, 2.05) is 39.8 Å². The minimum absolute atomic E-state index is 0.0843. The van der Waals surface area contributed by atoms with Gasteiger partial charge in [-0.05, 0) is 51.5 Å². The van der Waals surface area contributed by atoms with E-state index in [9.17, 15) is 4.79 Å². The van der Waals surface area contributed by atoms with E-state index < -0.39 is 5.60 Å². The molecule has 0 saturated carbocycles. The van der Waals surface area contributed by atoms with Crippen molar-refractivity contribution in [2.75, 3.05) is 13.1 Å². The fraction of sp³-hybridized carbons (Fsp3) is 0.556. The summed E-state index contributed by atoms with van der Waals surface area (Å²) in [4.78, 5) is 13.8. The number of nitrogens with zero attached hydrogens (tertiary/aromatic N) is 2. The van der Waals surface area contributed by atoms with E-state index in [0.29, 0.717) is 18.7 Å². The zero-order valence-electron chi connectivity index (χ0n) is 14.3. The van der Waals surface area contributed by atoms with E-state index in [4.69, 9.17) is 14.7 Å². The summed E-state index contributed by atoms with van der Waals surface area (Å²) in [6.45, 7) is 8.77. The molecule has 1 amide bonds. The largest absolute Gasteiger partial charge is 0.490 e. The maximum atomic E-state index is 12.0. The highest BCUT2D eigenvalue weighted by Gasteiger charge is 2.27. The van der Waals surface area contributed by atoms with Gasteiger partial charge in [-0.1, -0.05) is 0 Å². The second-order valence-electron chi connectivity index (χ2n) is 6.87. The quantitative estimate of drug-likeness (QED) is 0.835. The Morgan fingerprint density at radius 2 is 1.96 bits per heavy atom. The average Bonchev–Trinajstić information content (AvgIpc) is 2.46. The third-order valence-corrected chi connectivity index (χ3v) is 3.71. The van der Waals surface area contributed by atoms with Gasteiger partial charge in [0.15, 0.2) is 0 Å². The highest BCUT2D eigenvalue weighted by atomic mass is 16.6. The highest BCUT2D eigenvalue weighted by molar-refractivity contribution is 5.68. The van der Waals surface area contributed by atoms with Gasteiger partial charge in [0, 0.05) is 25.9 Å². The summed E-state index contributed by atoms with van der Waals surface area (Å²) < 4.78 is 11.4. The molecule has 1 aliphatic heterocycles. The number of ether oxygens (including phenoxy) is 2. The van der Waals surface area contributed by atoms with Crippen LogP contribution >= 0.6 is 0 Å². The molecule has 5 heteroatoms. The van der Waals surface area contributed by atoms with Gasteiger partial charge < -0.3 is 14.4 Å². The van der Waals surface area contributed by atoms with Crippen molar-refractivity contribution < 1.29 is 14.3 Å². The predicted molar refractivity (Wildman–Crippen MR) is 87.4 cm³/mol. The van der Waals surface area contributed by atoms with Crippen molar-refractivity contribution in [3.8, 4) is 11.8 Å². The van der Waals surface area contributed by atoms with E-state index in [1.54, 1.807) is 11.0 Å². The molecule has 1 heterocycles. The molecule has 0 spiro atoms. The molecular weight excluding hydrogens is 292 g/mol. The first-order valence-electron chi connectivity index (χ1n) is 7.94. The second-order valence-corrected chi connectivity index (χ2v) is 6.87. The number of hydrogen-bond donors (Lipinski definition) is 0. The lowest BCUT2D eigenvalue weighted by atomic mass is 10.1. The van der Waals surface area contributed by atoms with E-state index in [2.05, 4.69) is 6.07 Å². The van der Waals surface area contributed by atoms with Crippen LogP contribution in [0.15, 0.2) is 18.2 Å². The molecule has 0 unspecified atom stereocenters. The summed E-state index contributed by atoms with van der Waals surface area (Å²) in [6.07, 6.45) is 1.38. The third kappa shape index (κ3) is 4.88. The van der Waals surface area contributed by atoms with Gasteiger partial charge >= 0.3 is 6.09 Å². The highest BCUT2D eigenvalue weighted by Crippen LogP contribution is 2.22. The van der Waals surface area contributed by atoms with Crippen LogP contribution in [0.25, 0.3) is 0 Å². The van der Waals surface area contributed by atoms with Crippen LogP contribution in [0.2, 0.25) is 0 Å². The number of carbonyl (C=O) groups excluding carboxylic acids is 1. The van der Waals surface area contributed by atoms with Crippen LogP contribution in [0.1, 0.15) is 44.7 Å². The van der Waals surface area contributed by atoms with Crippen LogP contribution in [-0.2, 0) is 4.74 Å². The Morgan fingerprint density at radius 3 is 2.48 bits per heavy atom. The van der Waals surface area contributed by atoms with Crippen LogP contribution in [-0.4, -0.2) is 35.8 Å². The summed E-state index contributed by atoms with van der Waals surface area (Å²) in [7, 11) is 0. The zero-order chi connectivity index (χ0) is 17.0. The molecular formula is C18H24N2O3. The lowest BCUT2D eigenvalue weighted by Gasteiger charge is -2.33. The van der Waals surface area contributed by atoms with Crippen LogP contribution in [0.3, 0.4) is 0 Å². The molecule has 0 aromatic heterocycles. The number of rotatable bonds is 2.